The van der Waals surface area contributed by atoms with Gasteiger partial charge in [-0.2, -0.15) is 5.26 Å². The first-order valence-electron chi connectivity index (χ1n) is 4.50. The van der Waals surface area contributed by atoms with Crippen LogP contribution in [0.2, 0.25) is 0 Å². The minimum absolute atomic E-state index is 0.692. The van der Waals surface area contributed by atoms with E-state index in [2.05, 4.69) is 12.1 Å². The zero-order valence-electron chi connectivity index (χ0n) is 6.92. The average Bonchev–Trinajstić information content (AvgIpc) is 2.28. The van der Waals surface area contributed by atoms with Crippen LogP contribution in [0.25, 0.3) is 0 Å². The highest BCUT2D eigenvalue weighted by Gasteiger charge is 2.07. The van der Waals surface area contributed by atoms with E-state index in [0.717, 1.165) is 0 Å². The zero-order chi connectivity index (χ0) is 7.94. The summed E-state index contributed by atoms with van der Waals surface area (Å²) in [4.78, 5) is 0. The molecule has 1 rings (SSSR count). The highest BCUT2D eigenvalue weighted by molar-refractivity contribution is 5.04. The Hall–Kier alpha value is -0.770. The van der Waals surface area contributed by atoms with Crippen LogP contribution in [0.4, 0.5) is 0 Å². The molecule has 1 fully saturated rings. The summed E-state index contributed by atoms with van der Waals surface area (Å²) in [5, 5.41) is 8.33. The maximum Gasteiger partial charge on any atom is 0.0908 e. The summed E-state index contributed by atoms with van der Waals surface area (Å²) < 4.78 is 0. The molecular weight excluding hydrogens is 134 g/mol. The van der Waals surface area contributed by atoms with Gasteiger partial charge in [0.15, 0.2) is 0 Å². The summed E-state index contributed by atoms with van der Waals surface area (Å²) in [6, 6.07) is 2.05. The molecule has 0 bridgehead atoms. The molecule has 11 heavy (non-hydrogen) atoms. The number of rotatable bonds is 1. The standard InChI is InChI=1S/C10H15N/c11-9-5-8-10-6-3-1-2-4-7-10/h5,8,10H,1-4,6-7H2/b8-5-. The van der Waals surface area contributed by atoms with Gasteiger partial charge in [0.2, 0.25) is 0 Å². The SMILES string of the molecule is N#C/C=C\C1CCCCCC1. The van der Waals surface area contributed by atoms with Crippen molar-refractivity contribution < 1.29 is 0 Å². The van der Waals surface area contributed by atoms with Gasteiger partial charge >= 0.3 is 0 Å². The van der Waals surface area contributed by atoms with E-state index in [1.54, 1.807) is 6.08 Å². The molecule has 0 spiro atoms. The second-order valence-corrected chi connectivity index (χ2v) is 3.24. The molecule has 0 atom stereocenters. The van der Waals surface area contributed by atoms with E-state index in [1.807, 2.05) is 0 Å². The van der Waals surface area contributed by atoms with Crippen molar-refractivity contribution in [1.29, 1.82) is 5.26 Å². The summed E-state index contributed by atoms with van der Waals surface area (Å²) >= 11 is 0. The Morgan fingerprint density at radius 3 is 2.27 bits per heavy atom. The lowest BCUT2D eigenvalue weighted by Crippen LogP contribution is -1.92. The highest BCUT2D eigenvalue weighted by Crippen LogP contribution is 2.23. The molecule has 1 aliphatic rings. The first-order chi connectivity index (χ1) is 5.43. The molecular formula is C10H15N. The van der Waals surface area contributed by atoms with Crippen molar-refractivity contribution in [1.82, 2.24) is 0 Å². The first kappa shape index (κ1) is 8.33. The predicted molar refractivity (Wildman–Crippen MR) is 45.9 cm³/mol. The van der Waals surface area contributed by atoms with Gasteiger partial charge in [0.1, 0.15) is 0 Å². The van der Waals surface area contributed by atoms with Crippen molar-refractivity contribution in [2.45, 2.75) is 38.5 Å². The van der Waals surface area contributed by atoms with Gasteiger partial charge in [-0.1, -0.05) is 31.8 Å². The number of hydrogen-bond acceptors (Lipinski definition) is 1. The van der Waals surface area contributed by atoms with Gasteiger partial charge in [-0.25, -0.2) is 0 Å². The smallest absolute Gasteiger partial charge is 0.0908 e. The van der Waals surface area contributed by atoms with E-state index < -0.39 is 0 Å². The molecule has 1 heteroatoms. The van der Waals surface area contributed by atoms with Crippen LogP contribution >= 0.6 is 0 Å². The molecule has 0 aromatic carbocycles. The molecule has 0 heterocycles. The lowest BCUT2D eigenvalue weighted by molar-refractivity contribution is 0.559. The van der Waals surface area contributed by atoms with E-state index in [0.29, 0.717) is 5.92 Å². The molecule has 1 saturated carbocycles. The van der Waals surface area contributed by atoms with Crippen molar-refractivity contribution in [3.8, 4) is 6.07 Å². The molecule has 1 aliphatic carbocycles. The van der Waals surface area contributed by atoms with E-state index >= 15 is 0 Å². The lowest BCUT2D eigenvalue weighted by atomic mass is 10.0. The molecule has 0 radical (unpaired) electrons. The van der Waals surface area contributed by atoms with Crippen molar-refractivity contribution in [3.63, 3.8) is 0 Å². The molecule has 0 N–H and O–H groups in total. The third-order valence-electron chi connectivity index (χ3n) is 2.34. The van der Waals surface area contributed by atoms with E-state index in [-0.39, 0.29) is 0 Å². The van der Waals surface area contributed by atoms with Crippen LogP contribution in [-0.2, 0) is 0 Å². The average molecular weight is 149 g/mol. The maximum absolute atomic E-state index is 8.33. The molecule has 0 amide bonds. The Morgan fingerprint density at radius 1 is 1.09 bits per heavy atom. The highest BCUT2D eigenvalue weighted by atomic mass is 14.2. The van der Waals surface area contributed by atoms with E-state index in [4.69, 9.17) is 5.26 Å². The van der Waals surface area contributed by atoms with Gasteiger partial charge < -0.3 is 0 Å². The molecule has 60 valence electrons. The summed E-state index contributed by atoms with van der Waals surface area (Å²) in [7, 11) is 0. The normalized spacial score (nSPS) is 21.4. The number of hydrogen-bond donors (Lipinski definition) is 0. The predicted octanol–water partition coefficient (Wildman–Crippen LogP) is 3.04. The van der Waals surface area contributed by atoms with E-state index in [1.165, 1.54) is 38.5 Å². The summed E-state index contributed by atoms with van der Waals surface area (Å²) in [6.07, 6.45) is 11.8. The zero-order valence-corrected chi connectivity index (χ0v) is 6.92. The first-order valence-corrected chi connectivity index (χ1v) is 4.50. The Balaban J connectivity index is 2.32. The van der Waals surface area contributed by atoms with Crippen molar-refractivity contribution in [2.24, 2.45) is 5.92 Å². The third-order valence-corrected chi connectivity index (χ3v) is 2.34. The molecule has 0 aromatic heterocycles. The van der Waals surface area contributed by atoms with Gasteiger partial charge in [-0.05, 0) is 18.8 Å². The van der Waals surface area contributed by atoms with Crippen LogP contribution in [0.15, 0.2) is 12.2 Å². The van der Waals surface area contributed by atoms with Gasteiger partial charge in [0.25, 0.3) is 0 Å². The van der Waals surface area contributed by atoms with Crippen LogP contribution in [-0.4, -0.2) is 0 Å². The third kappa shape index (κ3) is 3.23. The Bertz CT molecular complexity index is 156. The fourth-order valence-electron chi connectivity index (χ4n) is 1.68. The van der Waals surface area contributed by atoms with E-state index in [9.17, 15) is 0 Å². The van der Waals surface area contributed by atoms with Crippen LogP contribution < -0.4 is 0 Å². The van der Waals surface area contributed by atoms with Crippen molar-refractivity contribution >= 4 is 0 Å². The van der Waals surface area contributed by atoms with Gasteiger partial charge in [-0.3, -0.25) is 0 Å². The van der Waals surface area contributed by atoms with Crippen molar-refractivity contribution in [2.75, 3.05) is 0 Å². The molecule has 0 aromatic rings. The van der Waals surface area contributed by atoms with Crippen molar-refractivity contribution in [3.05, 3.63) is 12.2 Å². The number of nitriles is 1. The summed E-state index contributed by atoms with van der Waals surface area (Å²) in [5.41, 5.74) is 0. The Labute approximate surface area is 68.7 Å². The quantitative estimate of drug-likeness (QED) is 0.415. The second-order valence-electron chi connectivity index (χ2n) is 3.24. The number of nitrogens with zero attached hydrogens (tertiary/aromatic N) is 1. The molecule has 0 saturated heterocycles. The van der Waals surface area contributed by atoms with Crippen LogP contribution in [0.1, 0.15) is 38.5 Å². The second kappa shape index (κ2) is 4.96. The fourth-order valence-corrected chi connectivity index (χ4v) is 1.68. The monoisotopic (exact) mass is 149 g/mol. The minimum Gasteiger partial charge on any atom is -0.193 e. The van der Waals surface area contributed by atoms with Crippen LogP contribution in [0, 0.1) is 17.2 Å². The van der Waals surface area contributed by atoms with Crippen LogP contribution in [0.5, 0.6) is 0 Å². The number of allylic oxidation sites excluding steroid dienone is 2. The largest absolute Gasteiger partial charge is 0.193 e. The van der Waals surface area contributed by atoms with Gasteiger partial charge in [0, 0.05) is 6.08 Å². The van der Waals surface area contributed by atoms with Crippen LogP contribution in [0.3, 0.4) is 0 Å². The summed E-state index contributed by atoms with van der Waals surface area (Å²) in [5.74, 6) is 0.692. The topological polar surface area (TPSA) is 23.8 Å². The van der Waals surface area contributed by atoms with Gasteiger partial charge in [0.05, 0.1) is 6.07 Å². The molecule has 0 aliphatic heterocycles. The minimum atomic E-state index is 0.692. The lowest BCUT2D eigenvalue weighted by Gasteiger charge is -2.05. The Morgan fingerprint density at radius 2 is 1.73 bits per heavy atom. The fraction of sp³-hybridized carbons (Fsp3) is 0.700. The van der Waals surface area contributed by atoms with Gasteiger partial charge in [-0.15, -0.1) is 0 Å². The molecule has 0 unspecified atom stereocenters. The molecule has 1 nitrogen and oxygen atoms in total. The summed E-state index contributed by atoms with van der Waals surface area (Å²) in [6.45, 7) is 0. The Kier molecular flexibility index (Phi) is 3.75. The maximum atomic E-state index is 8.33.